The van der Waals surface area contributed by atoms with E-state index in [9.17, 15) is 44.4 Å². The summed E-state index contributed by atoms with van der Waals surface area (Å²) in [5.41, 5.74) is 5.40. The molecule has 0 aromatic heterocycles. The number of fused-ring (bicyclic) bond motifs is 5. The zero-order valence-electron chi connectivity index (χ0n) is 28.2. The van der Waals surface area contributed by atoms with E-state index in [1.165, 1.54) is 19.1 Å². The molecule has 0 bridgehead atoms. The largest absolute Gasteiger partial charge is 0.507 e. The summed E-state index contributed by atoms with van der Waals surface area (Å²) < 4.78 is 11.8. The molecule has 4 aromatic carbocycles. The molecular weight excluding hydrogens is 670 g/mol. The van der Waals surface area contributed by atoms with Crippen molar-refractivity contribution in [3.05, 3.63) is 128 Å². The number of aliphatic hydroxyl groups excluding tert-OH is 1. The Labute approximate surface area is 297 Å². The van der Waals surface area contributed by atoms with Crippen LogP contribution in [0, 0.1) is 0 Å². The van der Waals surface area contributed by atoms with E-state index in [1.807, 2.05) is 0 Å². The van der Waals surface area contributed by atoms with Gasteiger partial charge in [0, 0.05) is 69.8 Å². The Bertz CT molecular complexity index is 2090. The van der Waals surface area contributed by atoms with E-state index >= 15 is 0 Å². The van der Waals surface area contributed by atoms with Gasteiger partial charge in [-0.3, -0.25) is 24.0 Å². The summed E-state index contributed by atoms with van der Waals surface area (Å²) >= 11 is 0. The average molecular weight is 706 g/mol. The molecule has 266 valence electrons. The zero-order valence-corrected chi connectivity index (χ0v) is 28.2. The van der Waals surface area contributed by atoms with Gasteiger partial charge in [-0.1, -0.05) is 72.8 Å². The van der Waals surface area contributed by atoms with Crippen LogP contribution in [0.1, 0.15) is 108 Å². The molecule has 0 radical (unpaired) electrons. The minimum atomic E-state index is -1.97. The van der Waals surface area contributed by atoms with E-state index in [2.05, 4.69) is 0 Å². The number of hydrogen-bond donors (Lipinski definition) is 5. The second-order valence-corrected chi connectivity index (χ2v) is 13.5. The number of Topliss-reactive ketones (excluding diaryl/α,β-unsaturated/α-hetero) is 1. The SMILES string of the molecule is CC(=O)[C@]1(O)Cc2c(O)c3c(c(O)c2[C@@H](O[C@H]2C[C@H](N)[C@H](O)[C@H](C)O2)C1)C(=O)c1ccccc1C3=O.O=C1c2ccccc2C(=O)c2ccccc21. The van der Waals surface area contributed by atoms with Crippen molar-refractivity contribution in [2.45, 2.75) is 69.4 Å². The first-order valence-electron chi connectivity index (χ1n) is 16.8. The fourth-order valence-electron chi connectivity index (χ4n) is 7.47. The molecule has 6 atom stereocenters. The van der Waals surface area contributed by atoms with Crippen LogP contribution in [0.2, 0.25) is 0 Å². The molecular formula is C40H35NO11. The molecule has 12 nitrogen and oxygen atoms in total. The van der Waals surface area contributed by atoms with Crippen LogP contribution in [-0.2, 0) is 20.7 Å². The number of aromatic hydroxyl groups is 2. The molecule has 0 saturated carbocycles. The van der Waals surface area contributed by atoms with Crippen molar-refractivity contribution in [1.29, 1.82) is 0 Å². The molecule has 1 saturated heterocycles. The van der Waals surface area contributed by atoms with Crippen molar-refractivity contribution in [3.63, 3.8) is 0 Å². The van der Waals surface area contributed by atoms with Crippen LogP contribution in [0.25, 0.3) is 0 Å². The monoisotopic (exact) mass is 705 g/mol. The Kier molecular flexibility index (Phi) is 8.76. The Hall–Kier alpha value is -5.37. The van der Waals surface area contributed by atoms with Gasteiger partial charge in [-0.2, -0.15) is 0 Å². The molecule has 3 aliphatic carbocycles. The third-order valence-corrected chi connectivity index (χ3v) is 10.3. The maximum absolute atomic E-state index is 13.3. The number of phenolic OH excluding ortho intramolecular Hbond substituents is 2. The maximum Gasteiger partial charge on any atom is 0.198 e. The summed E-state index contributed by atoms with van der Waals surface area (Å²) in [5, 5.41) is 43.8. The molecule has 52 heavy (non-hydrogen) atoms. The lowest BCUT2D eigenvalue weighted by Gasteiger charge is -2.42. The summed E-state index contributed by atoms with van der Waals surface area (Å²) in [6.45, 7) is 2.80. The number of benzene rings is 4. The Morgan fingerprint density at radius 3 is 1.62 bits per heavy atom. The first-order chi connectivity index (χ1) is 24.7. The number of nitrogens with two attached hydrogens (primary N) is 1. The van der Waals surface area contributed by atoms with Crippen molar-refractivity contribution in [2.24, 2.45) is 5.73 Å². The van der Waals surface area contributed by atoms with Gasteiger partial charge in [-0.25, -0.2) is 0 Å². The lowest BCUT2D eigenvalue weighted by molar-refractivity contribution is -0.247. The third-order valence-electron chi connectivity index (χ3n) is 10.3. The van der Waals surface area contributed by atoms with Gasteiger partial charge in [-0.15, -0.1) is 0 Å². The average Bonchev–Trinajstić information content (AvgIpc) is 3.13. The highest BCUT2D eigenvalue weighted by atomic mass is 16.7. The fourth-order valence-corrected chi connectivity index (χ4v) is 7.47. The van der Waals surface area contributed by atoms with Crippen molar-refractivity contribution in [2.75, 3.05) is 0 Å². The summed E-state index contributed by atoms with van der Waals surface area (Å²) in [6, 6.07) is 19.3. The van der Waals surface area contributed by atoms with Gasteiger partial charge < -0.3 is 35.6 Å². The first-order valence-corrected chi connectivity index (χ1v) is 16.8. The molecule has 8 rings (SSSR count). The highest BCUT2D eigenvalue weighted by Gasteiger charge is 2.49. The second kappa shape index (κ2) is 13.0. The molecule has 0 unspecified atom stereocenters. The highest BCUT2D eigenvalue weighted by molar-refractivity contribution is 6.31. The van der Waals surface area contributed by atoms with Crippen molar-refractivity contribution < 1.29 is 53.9 Å². The minimum Gasteiger partial charge on any atom is -0.507 e. The number of ether oxygens (including phenoxy) is 2. The number of aliphatic hydroxyl groups is 2. The first kappa shape index (κ1) is 35.1. The van der Waals surface area contributed by atoms with E-state index in [0.29, 0.717) is 22.3 Å². The molecule has 12 heteroatoms. The summed E-state index contributed by atoms with van der Waals surface area (Å²) in [7, 11) is 0. The summed E-state index contributed by atoms with van der Waals surface area (Å²) in [5.74, 6) is -3.19. The van der Waals surface area contributed by atoms with Gasteiger partial charge in [0.15, 0.2) is 35.2 Å². The number of ketones is 5. The van der Waals surface area contributed by atoms with E-state index in [-0.39, 0.29) is 57.8 Å². The van der Waals surface area contributed by atoms with Gasteiger partial charge in [-0.05, 0) is 13.8 Å². The number of rotatable bonds is 3. The van der Waals surface area contributed by atoms with Crippen molar-refractivity contribution in [3.8, 4) is 11.5 Å². The number of carbonyl (C=O) groups is 5. The zero-order chi connectivity index (χ0) is 37.2. The maximum atomic E-state index is 13.3. The van der Waals surface area contributed by atoms with Gasteiger partial charge in [0.05, 0.1) is 29.4 Å². The Morgan fingerprint density at radius 1 is 0.769 bits per heavy atom. The van der Waals surface area contributed by atoms with Gasteiger partial charge in [0.2, 0.25) is 0 Å². The summed E-state index contributed by atoms with van der Waals surface area (Å²) in [6.07, 6.45) is -4.38. The summed E-state index contributed by atoms with van der Waals surface area (Å²) in [4.78, 5) is 63.2. The van der Waals surface area contributed by atoms with Gasteiger partial charge in [0.25, 0.3) is 0 Å². The fraction of sp³-hybridized carbons (Fsp3) is 0.275. The van der Waals surface area contributed by atoms with Crippen LogP contribution in [0.4, 0.5) is 0 Å². The molecule has 0 amide bonds. The highest BCUT2D eigenvalue weighted by Crippen LogP contribution is 2.52. The number of hydrogen-bond acceptors (Lipinski definition) is 12. The van der Waals surface area contributed by atoms with Crippen molar-refractivity contribution in [1.82, 2.24) is 0 Å². The van der Waals surface area contributed by atoms with E-state index in [0.717, 1.165) is 0 Å². The van der Waals surface area contributed by atoms with E-state index < -0.39 is 71.5 Å². The van der Waals surface area contributed by atoms with Gasteiger partial charge >= 0.3 is 0 Å². The predicted octanol–water partition coefficient (Wildman–Crippen LogP) is 3.48. The van der Waals surface area contributed by atoms with Crippen LogP contribution in [0.15, 0.2) is 72.8 Å². The van der Waals surface area contributed by atoms with Crippen LogP contribution in [0.5, 0.6) is 11.5 Å². The van der Waals surface area contributed by atoms with Crippen LogP contribution < -0.4 is 5.73 Å². The number of carbonyl (C=O) groups excluding carboxylic acids is 5. The molecule has 4 aromatic rings. The molecule has 0 spiro atoms. The molecule has 4 aliphatic rings. The van der Waals surface area contributed by atoms with E-state index in [1.54, 1.807) is 67.6 Å². The smallest absolute Gasteiger partial charge is 0.198 e. The van der Waals surface area contributed by atoms with Crippen molar-refractivity contribution >= 4 is 28.9 Å². The molecule has 1 fully saturated rings. The minimum absolute atomic E-state index is 0.00588. The normalized spacial score (nSPS) is 25.8. The molecule has 1 heterocycles. The topological polar surface area (TPSA) is 211 Å². The third kappa shape index (κ3) is 5.56. The quantitative estimate of drug-likeness (QED) is 0.168. The lowest BCUT2D eigenvalue weighted by atomic mass is 9.72. The Balaban J connectivity index is 0.000000217. The van der Waals surface area contributed by atoms with Crippen LogP contribution >= 0.6 is 0 Å². The van der Waals surface area contributed by atoms with E-state index in [4.69, 9.17) is 15.2 Å². The second-order valence-electron chi connectivity index (χ2n) is 13.5. The standard InChI is InChI=1S/C26H27NO9.C14H8O2/c1-10-21(29)15(27)7-17(35-10)36-16-9-26(34,11(2)28)8-14-18(16)25(33)20-19(24(14)32)22(30)12-5-3-4-6-13(12)23(20)31;15-13-9-5-1-2-6-10(9)14(16)12-8-4-3-7-11(12)13/h3-6,10,15-17,21,29,32-34H,7-9,27H2,1-2H3;1-8H/t10-,15-,16-,17-,21+,26-;/m0./s1. The molecule has 1 aliphatic heterocycles. The number of phenols is 2. The lowest BCUT2D eigenvalue weighted by Crippen LogP contribution is -2.52. The molecule has 6 N–H and O–H groups in total. The van der Waals surface area contributed by atoms with Crippen LogP contribution in [-0.4, -0.2) is 79.5 Å². The van der Waals surface area contributed by atoms with Gasteiger partial charge in [0.1, 0.15) is 17.1 Å². The Morgan fingerprint density at radius 2 is 1.19 bits per heavy atom. The van der Waals surface area contributed by atoms with Crippen LogP contribution in [0.3, 0.4) is 0 Å². The predicted molar refractivity (Wildman–Crippen MR) is 184 cm³/mol.